The number of ether oxygens (including phenoxy) is 6. The maximum Gasteiger partial charge on any atom is 0.349 e. The summed E-state index contributed by atoms with van der Waals surface area (Å²) in [5.74, 6) is -1.49. The van der Waals surface area contributed by atoms with Crippen molar-refractivity contribution in [1.82, 2.24) is 0 Å². The molecule has 3 aromatic rings. The number of nitrogens with zero attached hydrogens (tertiary/aromatic N) is 4. The first-order valence-corrected chi connectivity index (χ1v) is 18.4. The molecule has 0 N–H and O–H groups in total. The zero-order valence-electron chi connectivity index (χ0n) is 32.6. The molecule has 0 unspecified atom stereocenters. The smallest absolute Gasteiger partial charge is 0.349 e. The molecule has 0 aliphatic rings. The Morgan fingerprint density at radius 1 is 0.552 bits per heavy atom. The van der Waals surface area contributed by atoms with E-state index in [0.29, 0.717) is 48.9 Å². The van der Waals surface area contributed by atoms with Gasteiger partial charge in [-0.15, -0.1) is 0 Å². The van der Waals surface area contributed by atoms with E-state index < -0.39 is 23.9 Å². The van der Waals surface area contributed by atoms with Gasteiger partial charge in [0.1, 0.15) is 74.4 Å². The van der Waals surface area contributed by atoms with Crippen LogP contribution in [0.1, 0.15) is 25.0 Å². The summed E-state index contributed by atoms with van der Waals surface area (Å²) in [4.78, 5) is 51.0. The summed E-state index contributed by atoms with van der Waals surface area (Å²) in [5.41, 5.74) is 2.82. The van der Waals surface area contributed by atoms with Crippen LogP contribution in [0.3, 0.4) is 0 Å². The van der Waals surface area contributed by atoms with Crippen LogP contribution in [0.25, 0.3) is 12.2 Å². The third-order valence-electron chi connectivity index (χ3n) is 8.12. The lowest BCUT2D eigenvalue weighted by molar-refractivity contribution is -0.146. The number of nitriles is 2. The molecule has 0 fully saturated rings. The van der Waals surface area contributed by atoms with Gasteiger partial charge in [0.05, 0.1) is 13.1 Å². The van der Waals surface area contributed by atoms with Crippen LogP contribution in [0.2, 0.25) is 0 Å². The number of benzene rings is 3. The second kappa shape index (κ2) is 25.0. The summed E-state index contributed by atoms with van der Waals surface area (Å²) in [6, 6.07) is 25.9. The third kappa shape index (κ3) is 15.4. The van der Waals surface area contributed by atoms with Gasteiger partial charge in [-0.05, 0) is 85.7 Å². The minimum absolute atomic E-state index is 0.140. The predicted molar refractivity (Wildman–Crippen MR) is 217 cm³/mol. The molecule has 0 saturated carbocycles. The highest BCUT2D eigenvalue weighted by Crippen LogP contribution is 2.21. The van der Waals surface area contributed by atoms with E-state index in [1.54, 1.807) is 24.3 Å². The lowest BCUT2D eigenvalue weighted by atomic mass is 10.1. The minimum atomic E-state index is -0.813. The molecule has 0 aliphatic carbocycles. The Bertz CT molecular complexity index is 1850. The summed E-state index contributed by atoms with van der Waals surface area (Å²) in [5, 5.41) is 18.9. The molecular weight excluding hydrogens is 745 g/mol. The number of anilines is 2. The van der Waals surface area contributed by atoms with Gasteiger partial charge in [0.15, 0.2) is 0 Å². The highest BCUT2D eigenvalue weighted by atomic mass is 16.6. The Morgan fingerprint density at radius 3 is 1.21 bits per heavy atom. The van der Waals surface area contributed by atoms with E-state index in [1.807, 2.05) is 74.5 Å². The van der Waals surface area contributed by atoms with E-state index in [0.717, 1.165) is 36.6 Å². The molecule has 0 heterocycles. The topological polar surface area (TPSA) is 178 Å². The fourth-order valence-corrected chi connectivity index (χ4v) is 5.12. The first-order chi connectivity index (χ1) is 28.1. The molecule has 0 bridgehead atoms. The third-order valence-corrected chi connectivity index (χ3v) is 8.12. The van der Waals surface area contributed by atoms with E-state index in [-0.39, 0.29) is 37.6 Å². The van der Waals surface area contributed by atoms with Gasteiger partial charge in [-0.3, -0.25) is 0 Å². The van der Waals surface area contributed by atoms with Crippen LogP contribution in [0.4, 0.5) is 11.4 Å². The molecule has 3 rings (SSSR count). The van der Waals surface area contributed by atoms with Gasteiger partial charge in [-0.2, -0.15) is 10.5 Å². The maximum absolute atomic E-state index is 12.3. The van der Waals surface area contributed by atoms with E-state index in [9.17, 15) is 29.7 Å². The van der Waals surface area contributed by atoms with Crippen LogP contribution in [-0.4, -0.2) is 89.7 Å². The molecule has 0 atom stereocenters. The largest absolute Gasteiger partial charge is 0.492 e. The van der Waals surface area contributed by atoms with E-state index >= 15 is 0 Å². The van der Waals surface area contributed by atoms with Gasteiger partial charge >= 0.3 is 23.9 Å². The van der Waals surface area contributed by atoms with Gasteiger partial charge in [0, 0.05) is 36.6 Å². The average molecular weight is 791 g/mol. The van der Waals surface area contributed by atoms with Gasteiger partial charge < -0.3 is 38.2 Å². The van der Waals surface area contributed by atoms with Crippen molar-refractivity contribution in [1.29, 1.82) is 10.5 Å². The summed E-state index contributed by atoms with van der Waals surface area (Å²) in [6.07, 6.45) is 4.87. The number of hydrogen-bond acceptors (Lipinski definition) is 14. The fraction of sp³-hybridized carbons (Fsp3) is 0.273. The van der Waals surface area contributed by atoms with E-state index in [1.165, 1.54) is 12.2 Å². The van der Waals surface area contributed by atoms with E-state index in [2.05, 4.69) is 23.0 Å². The van der Waals surface area contributed by atoms with E-state index in [4.69, 9.17) is 28.4 Å². The maximum atomic E-state index is 12.3. The number of hydrogen-bond donors (Lipinski definition) is 0. The summed E-state index contributed by atoms with van der Waals surface area (Å²) in [7, 11) is 0. The Labute approximate surface area is 338 Å². The number of esters is 4. The zero-order chi connectivity index (χ0) is 42.1. The van der Waals surface area contributed by atoms with Crippen molar-refractivity contribution >= 4 is 47.4 Å². The van der Waals surface area contributed by atoms with Gasteiger partial charge in [-0.1, -0.05) is 37.4 Å². The average Bonchev–Trinajstić information content (AvgIpc) is 3.25. The monoisotopic (exact) mass is 790 g/mol. The molecular formula is C44H46N4O10. The van der Waals surface area contributed by atoms with Crippen LogP contribution in [0.5, 0.6) is 11.5 Å². The lowest BCUT2D eigenvalue weighted by Crippen LogP contribution is -2.28. The Kier molecular flexibility index (Phi) is 19.4. The molecule has 302 valence electrons. The van der Waals surface area contributed by atoms with Crippen molar-refractivity contribution in [3.05, 3.63) is 120 Å². The summed E-state index contributed by atoms with van der Waals surface area (Å²) in [6.45, 7) is 13.5. The van der Waals surface area contributed by atoms with Gasteiger partial charge in [0.25, 0.3) is 0 Å². The van der Waals surface area contributed by atoms with Crippen LogP contribution in [-0.2, 0) is 38.1 Å². The number of carbonyl (C=O) groups excluding carboxylic acids is 4. The SMILES string of the molecule is C=CC(=O)OCCOC(=O)/C(C#N)=C/c1ccc(N(CC)CCOc2ccc(OCCN(CC)c3ccc(/C=C(\C#N)C(=O)OCCOC(=O)C=C)cc3)cc2)cc1. The summed E-state index contributed by atoms with van der Waals surface area (Å²) < 4.78 is 31.5. The summed E-state index contributed by atoms with van der Waals surface area (Å²) >= 11 is 0. The van der Waals surface area contributed by atoms with Crippen LogP contribution in [0.15, 0.2) is 109 Å². The Balaban J connectivity index is 1.43. The first-order valence-electron chi connectivity index (χ1n) is 18.4. The zero-order valence-corrected chi connectivity index (χ0v) is 32.6. The second-order valence-electron chi connectivity index (χ2n) is 11.9. The standard InChI is InChI=1S/C44H46N4O10/c1-5-41(49)55-25-27-57-43(51)35(31-45)29-33-9-13-37(14-10-33)47(7-3)21-23-53-39-17-19-40(20-18-39)54-24-22-48(8-4)38-15-11-34(12-16-38)30-36(32-46)44(52)58-28-26-56-42(50)6-2/h5-6,9-20,29-30H,1-2,7-8,21-28H2,3-4H3/b35-29+,36-30+. The predicted octanol–water partition coefficient (Wildman–Crippen LogP) is 5.86. The normalized spacial score (nSPS) is 10.8. The first kappa shape index (κ1) is 45.1. The van der Waals surface area contributed by atoms with Crippen LogP contribution in [0, 0.1) is 22.7 Å². The van der Waals surface area contributed by atoms with Gasteiger partial charge in [-0.25, -0.2) is 19.2 Å². The Hall–Kier alpha value is -7.32. The van der Waals surface area contributed by atoms with Crippen molar-refractivity contribution in [2.45, 2.75) is 13.8 Å². The molecule has 0 aromatic heterocycles. The molecule has 3 aromatic carbocycles. The lowest BCUT2D eigenvalue weighted by Gasteiger charge is -2.23. The van der Waals surface area contributed by atoms with Crippen molar-refractivity contribution in [3.8, 4) is 23.6 Å². The van der Waals surface area contributed by atoms with Crippen molar-refractivity contribution in [3.63, 3.8) is 0 Å². The molecule has 0 amide bonds. The van der Waals surface area contributed by atoms with Gasteiger partial charge in [0.2, 0.25) is 0 Å². The molecule has 0 spiro atoms. The van der Waals surface area contributed by atoms with Crippen molar-refractivity contribution < 1.29 is 47.6 Å². The van der Waals surface area contributed by atoms with Crippen LogP contribution >= 0.6 is 0 Å². The number of carbonyl (C=O) groups is 4. The quantitative estimate of drug-likeness (QED) is 0.0347. The second-order valence-corrected chi connectivity index (χ2v) is 11.9. The number of likely N-dealkylation sites (N-methyl/N-ethyl adjacent to an activating group) is 2. The molecule has 0 saturated heterocycles. The molecule has 14 nitrogen and oxygen atoms in total. The van der Waals surface area contributed by atoms with Crippen molar-refractivity contribution in [2.24, 2.45) is 0 Å². The Morgan fingerprint density at radius 2 is 0.897 bits per heavy atom. The molecule has 0 aliphatic heterocycles. The van der Waals surface area contributed by atoms with Crippen LogP contribution < -0.4 is 19.3 Å². The number of rotatable bonds is 24. The molecule has 58 heavy (non-hydrogen) atoms. The highest BCUT2D eigenvalue weighted by Gasteiger charge is 2.14. The molecule has 0 radical (unpaired) electrons. The van der Waals surface area contributed by atoms with Crippen molar-refractivity contribution in [2.75, 3.05) is 75.6 Å². The fourth-order valence-electron chi connectivity index (χ4n) is 5.12. The molecule has 14 heteroatoms. The minimum Gasteiger partial charge on any atom is -0.492 e. The highest BCUT2D eigenvalue weighted by molar-refractivity contribution is 5.98.